The normalized spacial score (nSPS) is 43.5. The number of rotatable bonds is 3. The number of allylic oxidation sites excluding steroid dienone is 4. The molecule has 0 unspecified atom stereocenters. The number of aliphatic hydroxyl groups is 2. The van der Waals surface area contributed by atoms with E-state index in [-0.39, 0.29) is 41.6 Å². The van der Waals surface area contributed by atoms with Gasteiger partial charge in [-0.25, -0.2) is 8.78 Å². The van der Waals surface area contributed by atoms with E-state index in [4.69, 9.17) is 4.74 Å². The summed E-state index contributed by atoms with van der Waals surface area (Å²) in [4.78, 5) is 13.2. The fourth-order valence-electron chi connectivity index (χ4n) is 7.99. The zero-order valence-corrected chi connectivity index (χ0v) is 19.9. The van der Waals surface area contributed by atoms with Crippen LogP contribution in [0.4, 0.5) is 8.78 Å². The number of fused-ring (bicyclic) bond motifs is 5. The summed E-state index contributed by atoms with van der Waals surface area (Å²) in [5.74, 6) is -1.93. The highest BCUT2D eigenvalue weighted by molar-refractivity contribution is 6.03. The zero-order chi connectivity index (χ0) is 24.6. The highest BCUT2D eigenvalue weighted by atomic mass is 19.1. The van der Waals surface area contributed by atoms with Crippen LogP contribution in [0.2, 0.25) is 0 Å². The number of hydrogen-bond acceptors (Lipinski definition) is 4. The minimum absolute atomic E-state index is 0.0375. The fraction of sp³-hybridized carbons (Fsp3) is 0.536. The van der Waals surface area contributed by atoms with E-state index in [0.29, 0.717) is 24.4 Å². The van der Waals surface area contributed by atoms with E-state index >= 15 is 8.78 Å². The average molecular weight is 471 g/mol. The Bertz CT molecular complexity index is 1110. The molecule has 6 heteroatoms. The van der Waals surface area contributed by atoms with E-state index in [9.17, 15) is 15.0 Å². The van der Waals surface area contributed by atoms with Crippen molar-refractivity contribution < 1.29 is 28.5 Å². The van der Waals surface area contributed by atoms with Gasteiger partial charge in [-0.05, 0) is 73.6 Å². The predicted octanol–water partition coefficient (Wildman–Crippen LogP) is 6.56. The van der Waals surface area contributed by atoms with Crippen molar-refractivity contribution >= 4 is 5.78 Å². The maximum atomic E-state index is 17.2. The highest BCUT2D eigenvalue weighted by Crippen LogP contribution is 2.71. The molecule has 0 heterocycles. The number of ether oxygens (including phenoxy) is 1. The molecule has 1 aromatic rings. The van der Waals surface area contributed by atoms with Gasteiger partial charge in [0.1, 0.15) is 23.3 Å². The molecule has 0 bridgehead atoms. The largest absolute Gasteiger partial charge is 0.504 e. The molecule has 2 N–H and O–H groups in total. The molecule has 34 heavy (non-hydrogen) atoms. The van der Waals surface area contributed by atoms with E-state index in [0.717, 1.165) is 6.08 Å². The van der Waals surface area contributed by atoms with Gasteiger partial charge in [-0.1, -0.05) is 38.6 Å². The summed E-state index contributed by atoms with van der Waals surface area (Å²) in [6.07, 6.45) is 0.664. The number of alkyl halides is 2. The molecule has 1 aromatic carbocycles. The molecular formula is C28H32F2O4. The maximum absolute atomic E-state index is 17.2. The van der Waals surface area contributed by atoms with Gasteiger partial charge in [-0.3, -0.25) is 4.79 Å². The molecule has 4 nitrogen and oxygen atoms in total. The first-order valence-corrected chi connectivity index (χ1v) is 12.1. The molecule has 0 spiro atoms. The molecule has 5 rings (SSSR count). The molecule has 3 saturated carbocycles. The lowest BCUT2D eigenvalue weighted by molar-refractivity contribution is -0.167. The third kappa shape index (κ3) is 2.83. The average Bonchev–Trinajstić information content (AvgIpc) is 3.07. The highest BCUT2D eigenvalue weighted by Gasteiger charge is 2.72. The first-order chi connectivity index (χ1) is 15.9. The summed E-state index contributed by atoms with van der Waals surface area (Å²) >= 11 is 0. The number of carbonyl (C=O) groups is 1. The molecule has 8 atom stereocenters. The number of hydrogen-bond donors (Lipinski definition) is 2. The van der Waals surface area contributed by atoms with Crippen LogP contribution in [0.3, 0.4) is 0 Å². The Morgan fingerprint density at radius 1 is 1.12 bits per heavy atom. The summed E-state index contributed by atoms with van der Waals surface area (Å²) in [6, 6.07) is 9.42. The number of ketones is 1. The van der Waals surface area contributed by atoms with E-state index in [2.05, 4.69) is 20.4 Å². The maximum Gasteiger partial charge on any atom is 0.214 e. The number of para-hydroxylation sites is 1. The molecule has 182 valence electrons. The molecular weight excluding hydrogens is 438 g/mol. The summed E-state index contributed by atoms with van der Waals surface area (Å²) in [7, 11) is 0. The third-order valence-corrected chi connectivity index (χ3v) is 9.60. The van der Waals surface area contributed by atoms with Crippen molar-refractivity contribution in [2.24, 2.45) is 34.5 Å². The van der Waals surface area contributed by atoms with Crippen LogP contribution in [0.25, 0.3) is 0 Å². The van der Waals surface area contributed by atoms with E-state index in [1.807, 2.05) is 30.3 Å². The van der Waals surface area contributed by atoms with Crippen LogP contribution in [-0.4, -0.2) is 27.8 Å². The van der Waals surface area contributed by atoms with Gasteiger partial charge >= 0.3 is 0 Å². The summed E-state index contributed by atoms with van der Waals surface area (Å²) in [5.41, 5.74) is -4.28. The van der Waals surface area contributed by atoms with Gasteiger partial charge in [-0.15, -0.1) is 0 Å². The Morgan fingerprint density at radius 3 is 2.47 bits per heavy atom. The van der Waals surface area contributed by atoms with E-state index in [1.54, 1.807) is 0 Å². The van der Waals surface area contributed by atoms with Crippen LogP contribution in [0.1, 0.15) is 46.5 Å². The minimum atomic E-state index is -2.02. The summed E-state index contributed by atoms with van der Waals surface area (Å²) < 4.78 is 38.9. The van der Waals surface area contributed by atoms with Gasteiger partial charge in [-0.2, -0.15) is 0 Å². The van der Waals surface area contributed by atoms with Crippen molar-refractivity contribution in [2.75, 3.05) is 0 Å². The summed E-state index contributed by atoms with van der Waals surface area (Å²) in [5, 5.41) is 20.2. The van der Waals surface area contributed by atoms with Gasteiger partial charge in [0.25, 0.3) is 0 Å². The quantitative estimate of drug-likeness (QED) is 0.491. The van der Waals surface area contributed by atoms with Crippen LogP contribution in [-0.2, 0) is 4.79 Å². The second kappa shape index (κ2) is 7.43. The van der Waals surface area contributed by atoms with Crippen LogP contribution in [0.5, 0.6) is 5.75 Å². The van der Waals surface area contributed by atoms with Crippen molar-refractivity contribution in [3.05, 3.63) is 65.8 Å². The Balaban J connectivity index is 1.51. The molecule has 4 aliphatic carbocycles. The monoisotopic (exact) mass is 470 g/mol. The Labute approximate surface area is 199 Å². The Kier molecular flexibility index (Phi) is 5.06. The predicted molar refractivity (Wildman–Crippen MR) is 125 cm³/mol. The van der Waals surface area contributed by atoms with E-state index < -0.39 is 40.5 Å². The van der Waals surface area contributed by atoms with Gasteiger partial charge in [0.2, 0.25) is 11.5 Å². The molecule has 0 aliphatic heterocycles. The minimum Gasteiger partial charge on any atom is -0.504 e. The first-order valence-electron chi connectivity index (χ1n) is 12.1. The molecule has 0 aromatic heterocycles. The number of halogens is 2. The number of aliphatic hydroxyl groups excluding tert-OH is 2. The molecule has 4 aliphatic rings. The fourth-order valence-corrected chi connectivity index (χ4v) is 7.99. The van der Waals surface area contributed by atoms with Crippen molar-refractivity contribution in [1.82, 2.24) is 0 Å². The third-order valence-electron chi connectivity index (χ3n) is 9.60. The van der Waals surface area contributed by atoms with Crippen molar-refractivity contribution in [1.29, 1.82) is 0 Å². The molecule has 0 radical (unpaired) electrons. The lowest BCUT2D eigenvalue weighted by atomic mass is 9.45. The van der Waals surface area contributed by atoms with Crippen molar-refractivity contribution in [3.63, 3.8) is 0 Å². The van der Waals surface area contributed by atoms with Crippen molar-refractivity contribution in [2.45, 2.75) is 58.3 Å². The van der Waals surface area contributed by atoms with Crippen molar-refractivity contribution in [3.8, 4) is 5.75 Å². The van der Waals surface area contributed by atoms with Crippen LogP contribution < -0.4 is 4.74 Å². The molecule has 3 fully saturated rings. The molecule has 0 amide bonds. The second-order valence-corrected chi connectivity index (χ2v) is 11.1. The van der Waals surface area contributed by atoms with Gasteiger partial charge in [0.05, 0.1) is 5.41 Å². The van der Waals surface area contributed by atoms with E-state index in [1.165, 1.54) is 6.92 Å². The first kappa shape index (κ1) is 23.1. The van der Waals surface area contributed by atoms with Gasteiger partial charge in [0.15, 0.2) is 5.76 Å². The van der Waals surface area contributed by atoms with Crippen LogP contribution >= 0.6 is 0 Å². The number of benzene rings is 1. The number of Topliss-reactive ketones (excluding diaryl/α,β-unsaturated/α-hetero) is 1. The number of carbonyl (C=O) groups excluding carboxylic acids is 1. The second-order valence-electron chi connectivity index (χ2n) is 11.1. The van der Waals surface area contributed by atoms with Crippen LogP contribution in [0, 0.1) is 34.5 Å². The SMILES string of the molecule is C=C(Oc1ccccc1)[C@H]1[C@H](C)C[C@H]2[C@@H]3C[C@H](F)C4=CC(O)=C(O)C(=O)[C@]4(C)[C@@]3(F)CC[C@@]21C. The Morgan fingerprint density at radius 2 is 1.79 bits per heavy atom. The summed E-state index contributed by atoms with van der Waals surface area (Å²) in [6.45, 7) is 9.87. The van der Waals surface area contributed by atoms with Gasteiger partial charge < -0.3 is 14.9 Å². The van der Waals surface area contributed by atoms with Gasteiger partial charge in [0, 0.05) is 11.8 Å². The zero-order valence-electron chi connectivity index (χ0n) is 19.9. The van der Waals surface area contributed by atoms with Crippen LogP contribution in [0.15, 0.2) is 65.8 Å². The standard InChI is InChI=1S/C28H32F2O4/c1-15-12-18-19-13-21(29)20-14-22(31)24(32)25(33)27(20,4)28(19,30)11-10-26(18,3)23(15)16(2)34-17-8-6-5-7-9-17/h5-9,14-15,18-19,21,23,31-32H,2,10-13H2,1,3-4H3/t15-,18+,19+,21+,23-,26+,27-,28-/m1/s1. The lowest BCUT2D eigenvalue weighted by Crippen LogP contribution is -2.65. The topological polar surface area (TPSA) is 66.8 Å². The molecule has 0 saturated heterocycles. The lowest BCUT2D eigenvalue weighted by Gasteiger charge is -2.60. The smallest absolute Gasteiger partial charge is 0.214 e. The Hall–Kier alpha value is -2.63.